The Morgan fingerprint density at radius 1 is 1.04 bits per heavy atom. The average molecular weight is 637 g/mol. The largest absolute Gasteiger partial charge is 0.481 e. The monoisotopic (exact) mass is 636 g/mol. The number of aliphatic carboxylic acids is 1. The van der Waals surface area contributed by atoms with Gasteiger partial charge < -0.3 is 35.7 Å². The number of aromatic nitrogens is 3. The predicted octanol–water partition coefficient (Wildman–Crippen LogP) is 3.72. The molecule has 0 aliphatic carbocycles. The van der Waals surface area contributed by atoms with Crippen LogP contribution in [0.5, 0.6) is 0 Å². The highest BCUT2D eigenvalue weighted by Crippen LogP contribution is 2.25. The molecule has 1 unspecified atom stereocenters. The molecule has 0 radical (unpaired) electrons. The van der Waals surface area contributed by atoms with Crippen molar-refractivity contribution in [1.82, 2.24) is 29.7 Å². The molecule has 4 rings (SSSR count). The maximum Gasteiger partial charge on any atom is 0.306 e. The molecule has 1 aliphatic rings. The molecule has 1 aromatic carbocycles. The lowest BCUT2D eigenvalue weighted by Crippen LogP contribution is -2.48. The van der Waals surface area contributed by atoms with Crippen molar-refractivity contribution in [2.24, 2.45) is 5.92 Å². The van der Waals surface area contributed by atoms with E-state index in [1.165, 1.54) is 29.5 Å². The van der Waals surface area contributed by atoms with Crippen molar-refractivity contribution >= 4 is 34.7 Å². The number of nitrogens with two attached hydrogens (primary N) is 1. The molecule has 3 aromatic rings. The number of nitrogens with zero attached hydrogens (tertiary/aromatic N) is 5. The number of carbonyl (C=O) groups is 2. The predicted molar refractivity (Wildman–Crippen MR) is 182 cm³/mol. The lowest BCUT2D eigenvalue weighted by Gasteiger charge is -2.35. The number of benzene rings is 1. The molecule has 0 saturated carbocycles. The maximum atomic E-state index is 12.7. The molecule has 1 atom stereocenters. The first-order chi connectivity index (χ1) is 22.2. The van der Waals surface area contributed by atoms with Crippen molar-refractivity contribution in [3.63, 3.8) is 0 Å². The number of carbonyl (C=O) groups excluding carboxylic acids is 1. The summed E-state index contributed by atoms with van der Waals surface area (Å²) in [6.45, 7) is 13.8. The number of anilines is 2. The number of hydrogen-bond donors (Lipinski definition) is 4. The van der Waals surface area contributed by atoms with Gasteiger partial charge in [-0.3, -0.25) is 14.5 Å². The van der Waals surface area contributed by atoms with E-state index in [1.807, 2.05) is 11.0 Å². The molecule has 12 heteroatoms. The lowest BCUT2D eigenvalue weighted by molar-refractivity contribution is -0.141. The van der Waals surface area contributed by atoms with Crippen molar-refractivity contribution in [3.8, 4) is 0 Å². The highest BCUT2D eigenvalue weighted by Gasteiger charge is 2.21. The van der Waals surface area contributed by atoms with Crippen molar-refractivity contribution in [3.05, 3.63) is 47.2 Å². The second kappa shape index (κ2) is 17.8. The van der Waals surface area contributed by atoms with Crippen molar-refractivity contribution in [2.45, 2.75) is 66.0 Å². The fourth-order valence-electron chi connectivity index (χ4n) is 5.72. The Bertz CT molecular complexity index is 1420. The van der Waals surface area contributed by atoms with E-state index in [4.69, 9.17) is 15.6 Å². The number of fused-ring (bicyclic) bond motifs is 1. The molecular formula is C34H52N8O4. The zero-order valence-corrected chi connectivity index (χ0v) is 27.8. The van der Waals surface area contributed by atoms with E-state index in [1.54, 1.807) is 6.92 Å². The van der Waals surface area contributed by atoms with E-state index in [-0.39, 0.29) is 17.8 Å². The molecule has 0 spiro atoms. The minimum atomic E-state index is -0.775. The quantitative estimate of drug-likeness (QED) is 0.143. The summed E-state index contributed by atoms with van der Waals surface area (Å²) in [6.07, 6.45) is 6.45. The van der Waals surface area contributed by atoms with E-state index in [0.717, 1.165) is 69.1 Å². The van der Waals surface area contributed by atoms with Gasteiger partial charge in [0.25, 0.3) is 0 Å². The fourth-order valence-corrected chi connectivity index (χ4v) is 5.72. The Morgan fingerprint density at radius 3 is 2.59 bits per heavy atom. The van der Waals surface area contributed by atoms with E-state index in [9.17, 15) is 9.59 Å². The normalized spacial score (nSPS) is 14.5. The van der Waals surface area contributed by atoms with Crippen LogP contribution in [-0.2, 0) is 27.4 Å². The summed E-state index contributed by atoms with van der Waals surface area (Å²) in [6, 6.07) is 8.70. The van der Waals surface area contributed by atoms with Gasteiger partial charge in [0, 0.05) is 58.6 Å². The van der Waals surface area contributed by atoms with E-state index >= 15 is 0 Å². The molecule has 1 saturated heterocycles. The molecule has 5 N–H and O–H groups in total. The number of unbranched alkanes of at least 4 members (excludes halogenated alkanes) is 2. The minimum absolute atomic E-state index is 0.132. The van der Waals surface area contributed by atoms with E-state index in [2.05, 4.69) is 68.3 Å². The molecule has 3 heterocycles. The van der Waals surface area contributed by atoms with Gasteiger partial charge in [-0.25, -0.2) is 4.98 Å². The smallest absolute Gasteiger partial charge is 0.306 e. The summed E-state index contributed by atoms with van der Waals surface area (Å²) in [5.41, 5.74) is 11.6. The molecular weight excluding hydrogens is 584 g/mol. The second-order valence-corrected chi connectivity index (χ2v) is 12.3. The Kier molecular flexibility index (Phi) is 13.6. The number of nitrogens with one attached hydrogen (secondary N) is 2. The lowest BCUT2D eigenvalue weighted by atomic mass is 10.0. The van der Waals surface area contributed by atoms with Crippen molar-refractivity contribution in [1.29, 1.82) is 0 Å². The molecule has 12 nitrogen and oxygen atoms in total. The summed E-state index contributed by atoms with van der Waals surface area (Å²) in [5.74, 6) is 0.0741. The molecule has 0 bridgehead atoms. The van der Waals surface area contributed by atoms with Crippen LogP contribution in [0.3, 0.4) is 0 Å². The second-order valence-electron chi connectivity index (χ2n) is 12.3. The summed E-state index contributed by atoms with van der Waals surface area (Å²) < 4.78 is 7.80. The minimum Gasteiger partial charge on any atom is -0.481 e. The number of hydrogen-bond acceptors (Lipinski definition) is 9. The van der Waals surface area contributed by atoms with Gasteiger partial charge in [0.15, 0.2) is 5.82 Å². The Labute approximate surface area is 272 Å². The first-order valence-electron chi connectivity index (χ1n) is 16.7. The third-order valence-electron chi connectivity index (χ3n) is 8.64. The highest BCUT2D eigenvalue weighted by molar-refractivity contribution is 5.87. The van der Waals surface area contributed by atoms with Crippen LogP contribution in [-0.4, -0.2) is 100 Å². The number of nitrogen functional groups attached to an aromatic ring is 1. The van der Waals surface area contributed by atoms with Crippen LogP contribution in [0.15, 0.2) is 30.5 Å². The van der Waals surface area contributed by atoms with Gasteiger partial charge in [-0.15, -0.1) is 0 Å². The van der Waals surface area contributed by atoms with Gasteiger partial charge in [0.2, 0.25) is 11.9 Å². The number of aryl methyl sites for hydroxylation is 1. The number of carboxylic acids is 1. The van der Waals surface area contributed by atoms with Gasteiger partial charge >= 0.3 is 5.97 Å². The summed E-state index contributed by atoms with van der Waals surface area (Å²) in [4.78, 5) is 36.8. The van der Waals surface area contributed by atoms with Crippen LogP contribution in [0.1, 0.15) is 62.6 Å². The van der Waals surface area contributed by atoms with Gasteiger partial charge in [0.05, 0.1) is 31.1 Å². The SMILES string of the molecule is CCCCCNc1nc(N)nc2ccn(Cc3ccc(CN4CCN(C(=O)CCOCCNCCC(C)C(=O)O)CC4)cc3C)c12. The third-order valence-corrected chi connectivity index (χ3v) is 8.64. The summed E-state index contributed by atoms with van der Waals surface area (Å²) in [5, 5.41) is 15.6. The van der Waals surface area contributed by atoms with Crippen LogP contribution in [0.25, 0.3) is 11.0 Å². The number of amides is 1. The van der Waals surface area contributed by atoms with Gasteiger partial charge in [0.1, 0.15) is 5.52 Å². The molecule has 46 heavy (non-hydrogen) atoms. The standard InChI is InChI=1S/C34H52N8O4/c1-4-5-6-12-37-32-31-29(38-34(35)39-32)10-15-42(31)24-28-8-7-27(22-26(28)3)23-40-16-18-41(19-17-40)30(43)11-20-46-21-14-36-13-9-25(2)33(44)45/h7-8,10,15,22,25,36H,4-6,9,11-14,16-21,23-24H2,1-3H3,(H,44,45)(H3,35,37,38,39). The van der Waals surface area contributed by atoms with Crippen LogP contribution in [0.2, 0.25) is 0 Å². The average Bonchev–Trinajstić information content (AvgIpc) is 3.44. The van der Waals surface area contributed by atoms with Gasteiger partial charge in [-0.2, -0.15) is 4.98 Å². The molecule has 252 valence electrons. The van der Waals surface area contributed by atoms with Crippen molar-refractivity contribution < 1.29 is 19.4 Å². The molecule has 2 aromatic heterocycles. The Hall–Kier alpha value is -3.74. The van der Waals surface area contributed by atoms with E-state index < -0.39 is 5.97 Å². The third kappa shape index (κ3) is 10.4. The molecule has 1 aliphatic heterocycles. The highest BCUT2D eigenvalue weighted by atomic mass is 16.5. The molecule has 1 fully saturated rings. The molecule has 1 amide bonds. The van der Waals surface area contributed by atoms with Crippen LogP contribution < -0.4 is 16.4 Å². The first-order valence-corrected chi connectivity index (χ1v) is 16.7. The number of ether oxygens (including phenoxy) is 1. The number of carboxylic acid groups (broad SMARTS) is 1. The van der Waals surface area contributed by atoms with Crippen LogP contribution in [0, 0.1) is 12.8 Å². The van der Waals surface area contributed by atoms with Crippen LogP contribution >= 0.6 is 0 Å². The zero-order valence-electron chi connectivity index (χ0n) is 27.8. The summed E-state index contributed by atoms with van der Waals surface area (Å²) >= 11 is 0. The first kappa shape index (κ1) is 35.1. The summed E-state index contributed by atoms with van der Waals surface area (Å²) in [7, 11) is 0. The zero-order chi connectivity index (χ0) is 32.9. The maximum absolute atomic E-state index is 12.7. The van der Waals surface area contributed by atoms with Crippen molar-refractivity contribution in [2.75, 3.05) is 70.1 Å². The fraction of sp³-hybridized carbons (Fsp3) is 0.588. The van der Waals surface area contributed by atoms with Gasteiger partial charge in [-0.05, 0) is 49.1 Å². The number of piperazine rings is 1. The Morgan fingerprint density at radius 2 is 1.85 bits per heavy atom. The van der Waals surface area contributed by atoms with E-state index in [0.29, 0.717) is 39.1 Å². The van der Waals surface area contributed by atoms with Gasteiger partial charge in [-0.1, -0.05) is 44.9 Å². The van der Waals surface area contributed by atoms with Crippen LogP contribution in [0.4, 0.5) is 11.8 Å². The topological polar surface area (TPSA) is 151 Å². The Balaban J connectivity index is 1.19. The number of rotatable bonds is 19.